The zero-order chi connectivity index (χ0) is 22.8. The van der Waals surface area contributed by atoms with Crippen molar-refractivity contribution in [3.05, 3.63) is 108 Å². The number of para-hydroxylation sites is 2. The van der Waals surface area contributed by atoms with E-state index in [1.807, 2.05) is 66.9 Å². The predicted octanol–water partition coefficient (Wildman–Crippen LogP) is 6.33. The van der Waals surface area contributed by atoms with Crippen LogP contribution in [0.25, 0.3) is 34.2 Å². The first-order valence-electron chi connectivity index (χ1n) is 10.3. The van der Waals surface area contributed by atoms with Crippen LogP contribution in [-0.2, 0) is 0 Å². The average molecular weight is 438 g/mol. The number of furan rings is 1. The third kappa shape index (κ3) is 4.06. The number of allylic oxidation sites excluding steroid dienone is 1. The standard InChI is InChI=1S/C27H19FN2O3/c1-32-21-12-13-22(23(28)16-21)24(31)14-11-19-17-30(20-8-3-2-4-9-20)29-27(19)26-15-18-7-5-6-10-25(18)33-26/h2-17H,1H3. The van der Waals surface area contributed by atoms with Crippen LogP contribution in [0, 0.1) is 5.82 Å². The largest absolute Gasteiger partial charge is 0.497 e. The van der Waals surface area contributed by atoms with Crippen molar-refractivity contribution in [1.82, 2.24) is 9.78 Å². The number of benzene rings is 3. The van der Waals surface area contributed by atoms with Crippen molar-refractivity contribution >= 4 is 22.8 Å². The van der Waals surface area contributed by atoms with Crippen LogP contribution in [0.2, 0.25) is 0 Å². The Bertz CT molecular complexity index is 1450. The van der Waals surface area contributed by atoms with E-state index in [9.17, 15) is 9.18 Å². The van der Waals surface area contributed by atoms with Crippen molar-refractivity contribution in [2.24, 2.45) is 0 Å². The molecule has 5 aromatic rings. The Labute approximate surface area is 189 Å². The molecule has 0 unspecified atom stereocenters. The predicted molar refractivity (Wildman–Crippen MR) is 125 cm³/mol. The highest BCUT2D eigenvalue weighted by Gasteiger charge is 2.16. The van der Waals surface area contributed by atoms with Crippen molar-refractivity contribution in [1.29, 1.82) is 0 Å². The number of carbonyl (C=O) groups is 1. The Morgan fingerprint density at radius 3 is 2.58 bits per heavy atom. The molecule has 3 aromatic carbocycles. The SMILES string of the molecule is COc1ccc(C(=O)C=Cc2cn(-c3ccccc3)nc2-c2cc3ccccc3o2)c(F)c1. The molecule has 0 radical (unpaired) electrons. The summed E-state index contributed by atoms with van der Waals surface area (Å²) in [7, 11) is 1.44. The van der Waals surface area contributed by atoms with Crippen LogP contribution in [0.3, 0.4) is 0 Å². The first-order valence-corrected chi connectivity index (χ1v) is 10.3. The number of ether oxygens (including phenoxy) is 1. The monoisotopic (exact) mass is 438 g/mol. The summed E-state index contributed by atoms with van der Waals surface area (Å²) in [5.41, 5.74) is 2.82. The van der Waals surface area contributed by atoms with Crippen molar-refractivity contribution in [2.45, 2.75) is 0 Å². The number of carbonyl (C=O) groups excluding carboxylic acids is 1. The molecule has 0 fully saturated rings. The number of methoxy groups -OCH3 is 1. The van der Waals surface area contributed by atoms with Crippen LogP contribution in [0.5, 0.6) is 5.75 Å². The smallest absolute Gasteiger partial charge is 0.188 e. The molecule has 5 rings (SSSR count). The van der Waals surface area contributed by atoms with Gasteiger partial charge in [-0.25, -0.2) is 9.07 Å². The molecule has 0 aliphatic heterocycles. The van der Waals surface area contributed by atoms with Crippen LogP contribution in [-0.4, -0.2) is 22.7 Å². The molecule has 2 heterocycles. The lowest BCUT2D eigenvalue weighted by Crippen LogP contribution is -1.99. The first-order chi connectivity index (χ1) is 16.1. The lowest BCUT2D eigenvalue weighted by molar-refractivity contribution is 0.104. The molecule has 2 aromatic heterocycles. The Hall–Kier alpha value is -4.45. The Morgan fingerprint density at radius 2 is 1.82 bits per heavy atom. The summed E-state index contributed by atoms with van der Waals surface area (Å²) in [5.74, 6) is -0.169. The summed E-state index contributed by atoms with van der Waals surface area (Å²) in [6, 6.07) is 23.4. The van der Waals surface area contributed by atoms with E-state index in [4.69, 9.17) is 14.3 Å². The molecule has 0 N–H and O–H groups in total. The molecule has 162 valence electrons. The van der Waals surface area contributed by atoms with Crippen molar-refractivity contribution in [3.63, 3.8) is 0 Å². The second-order valence-corrected chi connectivity index (χ2v) is 7.41. The van der Waals surface area contributed by atoms with Gasteiger partial charge >= 0.3 is 0 Å². The lowest BCUT2D eigenvalue weighted by Gasteiger charge is -2.02. The minimum absolute atomic E-state index is 0.0345. The summed E-state index contributed by atoms with van der Waals surface area (Å²) in [4.78, 5) is 12.7. The molecule has 0 aliphatic rings. The Morgan fingerprint density at radius 1 is 1.03 bits per heavy atom. The van der Waals surface area contributed by atoms with Gasteiger partial charge in [-0.1, -0.05) is 36.4 Å². The third-order valence-corrected chi connectivity index (χ3v) is 5.28. The second-order valence-electron chi connectivity index (χ2n) is 7.41. The fourth-order valence-electron chi connectivity index (χ4n) is 3.59. The summed E-state index contributed by atoms with van der Waals surface area (Å²) in [5, 5.41) is 5.66. The molecular weight excluding hydrogens is 419 g/mol. The van der Waals surface area contributed by atoms with E-state index in [-0.39, 0.29) is 5.56 Å². The zero-order valence-corrected chi connectivity index (χ0v) is 17.7. The van der Waals surface area contributed by atoms with Gasteiger partial charge in [0.25, 0.3) is 0 Å². The van der Waals surface area contributed by atoms with Gasteiger partial charge < -0.3 is 9.15 Å². The molecule has 33 heavy (non-hydrogen) atoms. The fourth-order valence-corrected chi connectivity index (χ4v) is 3.59. The molecule has 0 amide bonds. The highest BCUT2D eigenvalue weighted by atomic mass is 19.1. The maximum atomic E-state index is 14.3. The summed E-state index contributed by atoms with van der Waals surface area (Å²) >= 11 is 0. The normalized spacial score (nSPS) is 11.3. The van der Waals surface area contributed by atoms with Gasteiger partial charge in [0.05, 0.1) is 18.4 Å². The number of rotatable bonds is 6. The lowest BCUT2D eigenvalue weighted by atomic mass is 10.1. The van der Waals surface area contributed by atoms with Gasteiger partial charge in [0.1, 0.15) is 22.8 Å². The second kappa shape index (κ2) is 8.59. The van der Waals surface area contributed by atoms with E-state index >= 15 is 0 Å². The van der Waals surface area contributed by atoms with Gasteiger partial charge in [0.2, 0.25) is 0 Å². The van der Waals surface area contributed by atoms with E-state index in [0.29, 0.717) is 22.8 Å². The minimum atomic E-state index is -0.638. The van der Waals surface area contributed by atoms with Crippen LogP contribution >= 0.6 is 0 Å². The topological polar surface area (TPSA) is 57.3 Å². The van der Waals surface area contributed by atoms with Gasteiger partial charge in [-0.2, -0.15) is 5.10 Å². The zero-order valence-electron chi connectivity index (χ0n) is 17.7. The van der Waals surface area contributed by atoms with Gasteiger partial charge in [-0.05, 0) is 48.6 Å². The number of aromatic nitrogens is 2. The van der Waals surface area contributed by atoms with Gasteiger partial charge in [-0.15, -0.1) is 0 Å². The van der Waals surface area contributed by atoms with Gasteiger partial charge in [0.15, 0.2) is 11.5 Å². The van der Waals surface area contributed by atoms with Crippen LogP contribution < -0.4 is 4.74 Å². The minimum Gasteiger partial charge on any atom is -0.497 e. The van der Waals surface area contributed by atoms with E-state index in [1.54, 1.807) is 16.8 Å². The number of halogens is 1. The van der Waals surface area contributed by atoms with Gasteiger partial charge in [0, 0.05) is 23.2 Å². The third-order valence-electron chi connectivity index (χ3n) is 5.28. The molecule has 0 spiro atoms. The first kappa shape index (κ1) is 20.5. The maximum Gasteiger partial charge on any atom is 0.188 e. The molecule has 0 aliphatic carbocycles. The van der Waals surface area contributed by atoms with Crippen LogP contribution in [0.15, 0.2) is 95.6 Å². The molecule has 0 bridgehead atoms. The fraction of sp³-hybridized carbons (Fsp3) is 0.0370. The van der Waals surface area contributed by atoms with Crippen molar-refractivity contribution < 1.29 is 18.3 Å². The Kier molecular flexibility index (Phi) is 5.32. The van der Waals surface area contributed by atoms with E-state index in [0.717, 1.165) is 16.7 Å². The number of hydrogen-bond donors (Lipinski definition) is 0. The van der Waals surface area contributed by atoms with E-state index in [2.05, 4.69) is 0 Å². The van der Waals surface area contributed by atoms with Crippen LogP contribution in [0.4, 0.5) is 4.39 Å². The molecule has 6 heteroatoms. The summed E-state index contributed by atoms with van der Waals surface area (Å²) < 4.78 is 27.1. The average Bonchev–Trinajstić information content (AvgIpc) is 3.47. The number of ketones is 1. The molecule has 0 saturated carbocycles. The van der Waals surface area contributed by atoms with E-state index < -0.39 is 11.6 Å². The van der Waals surface area contributed by atoms with Crippen LogP contribution in [0.1, 0.15) is 15.9 Å². The molecule has 5 nitrogen and oxygen atoms in total. The Balaban J connectivity index is 1.55. The highest BCUT2D eigenvalue weighted by Crippen LogP contribution is 2.30. The molecular formula is C27H19FN2O3. The number of hydrogen-bond acceptors (Lipinski definition) is 4. The quantitative estimate of drug-likeness (QED) is 0.230. The number of fused-ring (bicyclic) bond motifs is 1. The van der Waals surface area contributed by atoms with Gasteiger partial charge in [-0.3, -0.25) is 4.79 Å². The van der Waals surface area contributed by atoms with Crippen molar-refractivity contribution in [2.75, 3.05) is 7.11 Å². The molecule has 0 atom stereocenters. The summed E-state index contributed by atoms with van der Waals surface area (Å²) in [6.45, 7) is 0. The molecule has 0 saturated heterocycles. The van der Waals surface area contributed by atoms with E-state index in [1.165, 1.54) is 25.3 Å². The maximum absolute atomic E-state index is 14.3. The van der Waals surface area contributed by atoms with Crippen molar-refractivity contribution in [3.8, 4) is 22.9 Å². The summed E-state index contributed by atoms with van der Waals surface area (Å²) in [6.07, 6.45) is 4.77. The highest BCUT2D eigenvalue weighted by molar-refractivity contribution is 6.07. The number of nitrogens with zero attached hydrogens (tertiary/aromatic N) is 2.